The number of allylic oxidation sites excluding steroid dienone is 4. The molecule has 4 aromatic rings. The molecule has 0 radical (unpaired) electrons. The minimum Gasteiger partial charge on any atom is -0.144 e. The van der Waals surface area contributed by atoms with Crippen LogP contribution < -0.4 is 0 Å². The van der Waals surface area contributed by atoms with Gasteiger partial charge in [0.15, 0.2) is 0 Å². The minimum atomic E-state index is 0.955. The van der Waals surface area contributed by atoms with Gasteiger partial charge in [-0.15, -0.1) is 11.3 Å². The molecule has 1 aliphatic rings. The quantitative estimate of drug-likeness (QED) is 0.341. The first-order valence-electron chi connectivity index (χ1n) is 9.58. The van der Waals surface area contributed by atoms with E-state index >= 15 is 0 Å². The van der Waals surface area contributed by atoms with Crippen molar-refractivity contribution in [1.82, 2.24) is 0 Å². The zero-order valence-corrected chi connectivity index (χ0v) is 16.3. The molecule has 0 saturated heterocycles. The van der Waals surface area contributed by atoms with Crippen molar-refractivity contribution < 1.29 is 0 Å². The van der Waals surface area contributed by atoms with Gasteiger partial charge in [0.05, 0.1) is 0 Å². The van der Waals surface area contributed by atoms with Crippen LogP contribution in [0.25, 0.3) is 27.2 Å². The molecule has 5 rings (SSSR count). The first-order valence-corrected chi connectivity index (χ1v) is 10.5. The van der Waals surface area contributed by atoms with E-state index < -0.39 is 0 Å². The molecule has 0 fully saturated rings. The highest BCUT2D eigenvalue weighted by Gasteiger charge is 2.21. The Morgan fingerprint density at radius 2 is 1.21 bits per heavy atom. The van der Waals surface area contributed by atoms with Crippen molar-refractivity contribution in [2.45, 2.75) is 6.42 Å². The molecule has 0 spiro atoms. The second-order valence-corrected chi connectivity index (χ2v) is 7.94. The molecule has 0 unspecified atom stereocenters. The Morgan fingerprint density at radius 3 is 1.89 bits per heavy atom. The van der Waals surface area contributed by atoms with Crippen LogP contribution in [0.2, 0.25) is 0 Å². The van der Waals surface area contributed by atoms with Crippen molar-refractivity contribution in [3.05, 3.63) is 125 Å². The van der Waals surface area contributed by atoms with Crippen molar-refractivity contribution in [3.63, 3.8) is 0 Å². The molecule has 0 nitrogen and oxygen atoms in total. The lowest BCUT2D eigenvalue weighted by Gasteiger charge is -2.11. The summed E-state index contributed by atoms with van der Waals surface area (Å²) in [6.45, 7) is 0. The SMILES string of the molecule is C1=C(c2ccccc2-c2cccs2)CC(c2ccccc2)=C1c1ccccc1. The molecule has 1 aromatic heterocycles. The lowest BCUT2D eigenvalue weighted by molar-refractivity contribution is 1.42. The summed E-state index contributed by atoms with van der Waals surface area (Å²) in [4.78, 5) is 1.32. The van der Waals surface area contributed by atoms with Crippen LogP contribution in [0.5, 0.6) is 0 Å². The molecule has 0 saturated carbocycles. The summed E-state index contributed by atoms with van der Waals surface area (Å²) in [5.41, 5.74) is 9.38. The minimum absolute atomic E-state index is 0.955. The van der Waals surface area contributed by atoms with E-state index in [1.165, 1.54) is 43.9 Å². The Labute approximate surface area is 170 Å². The lowest BCUT2D eigenvalue weighted by atomic mass is 9.94. The Hall–Kier alpha value is -3.16. The first kappa shape index (κ1) is 17.0. The highest BCUT2D eigenvalue weighted by Crippen LogP contribution is 2.44. The molecule has 3 aromatic carbocycles. The molecule has 0 N–H and O–H groups in total. The van der Waals surface area contributed by atoms with Gasteiger partial charge >= 0.3 is 0 Å². The van der Waals surface area contributed by atoms with Crippen LogP contribution in [0.3, 0.4) is 0 Å². The maximum Gasteiger partial charge on any atom is 0.0348 e. The average Bonchev–Trinajstić information content (AvgIpc) is 3.45. The average molecular weight is 377 g/mol. The van der Waals surface area contributed by atoms with E-state index in [0.29, 0.717) is 0 Å². The van der Waals surface area contributed by atoms with Gasteiger partial charge in [-0.3, -0.25) is 0 Å². The van der Waals surface area contributed by atoms with Crippen molar-refractivity contribution in [3.8, 4) is 10.4 Å². The molecule has 0 atom stereocenters. The molecule has 1 heterocycles. The molecule has 0 amide bonds. The summed E-state index contributed by atoms with van der Waals surface area (Å²) in [7, 11) is 0. The molecule has 0 bridgehead atoms. The van der Waals surface area contributed by atoms with Gasteiger partial charge in [0.2, 0.25) is 0 Å². The zero-order valence-electron chi connectivity index (χ0n) is 15.5. The number of thiophene rings is 1. The zero-order chi connectivity index (χ0) is 18.8. The lowest BCUT2D eigenvalue weighted by Crippen LogP contribution is -1.88. The topological polar surface area (TPSA) is 0 Å². The van der Waals surface area contributed by atoms with E-state index in [1.54, 1.807) is 11.3 Å². The van der Waals surface area contributed by atoms with Crippen LogP contribution in [0.15, 0.2) is 109 Å². The van der Waals surface area contributed by atoms with Crippen LogP contribution in [-0.2, 0) is 0 Å². The summed E-state index contributed by atoms with van der Waals surface area (Å²) in [6.07, 6.45) is 3.35. The van der Waals surface area contributed by atoms with Gasteiger partial charge in [-0.2, -0.15) is 0 Å². The van der Waals surface area contributed by atoms with E-state index in [-0.39, 0.29) is 0 Å². The third kappa shape index (κ3) is 3.15. The standard InChI is InChI=1S/C27H20S/c1-3-10-20(11-4-1)25-18-22(19-26(25)21-12-5-2-6-13-21)23-14-7-8-15-24(23)27-16-9-17-28-27/h1-18H,19H2. The van der Waals surface area contributed by atoms with Crippen LogP contribution in [0.4, 0.5) is 0 Å². The van der Waals surface area contributed by atoms with Gasteiger partial charge in [-0.05, 0) is 62.9 Å². The fourth-order valence-corrected chi connectivity index (χ4v) is 4.72. The fraction of sp³-hybridized carbons (Fsp3) is 0.0370. The first-order chi connectivity index (χ1) is 13.9. The second-order valence-electron chi connectivity index (χ2n) is 6.99. The fourth-order valence-electron chi connectivity index (χ4n) is 3.95. The summed E-state index contributed by atoms with van der Waals surface area (Å²) in [6, 6.07) is 34.7. The molecule has 28 heavy (non-hydrogen) atoms. The highest BCUT2D eigenvalue weighted by molar-refractivity contribution is 7.13. The van der Waals surface area contributed by atoms with E-state index in [1.807, 2.05) is 0 Å². The summed E-state index contributed by atoms with van der Waals surface area (Å²) in [5.74, 6) is 0. The van der Waals surface area contributed by atoms with Gasteiger partial charge in [0, 0.05) is 4.88 Å². The smallest absolute Gasteiger partial charge is 0.0348 e. The predicted molar refractivity (Wildman–Crippen MR) is 122 cm³/mol. The number of rotatable bonds is 4. The molecule has 0 aliphatic heterocycles. The van der Waals surface area contributed by atoms with Crippen LogP contribution in [0, 0.1) is 0 Å². The maximum atomic E-state index is 2.39. The van der Waals surface area contributed by atoms with E-state index in [4.69, 9.17) is 0 Å². The molecule has 134 valence electrons. The van der Waals surface area contributed by atoms with Crippen molar-refractivity contribution >= 4 is 28.1 Å². The Balaban J connectivity index is 1.64. The number of hydrogen-bond acceptors (Lipinski definition) is 1. The third-order valence-electron chi connectivity index (χ3n) is 5.28. The monoisotopic (exact) mass is 376 g/mol. The normalized spacial score (nSPS) is 13.6. The predicted octanol–water partition coefficient (Wildman–Crippen LogP) is 7.81. The molecule has 1 heteroatoms. The van der Waals surface area contributed by atoms with Gasteiger partial charge in [-0.25, -0.2) is 0 Å². The van der Waals surface area contributed by atoms with Gasteiger partial charge in [0.1, 0.15) is 0 Å². The molecular formula is C27H20S. The molecular weight excluding hydrogens is 356 g/mol. The summed E-state index contributed by atoms with van der Waals surface area (Å²) < 4.78 is 0. The van der Waals surface area contributed by atoms with Crippen LogP contribution >= 0.6 is 11.3 Å². The number of benzene rings is 3. The van der Waals surface area contributed by atoms with Crippen molar-refractivity contribution in [2.24, 2.45) is 0 Å². The Kier molecular flexibility index (Phi) is 4.52. The maximum absolute atomic E-state index is 2.39. The van der Waals surface area contributed by atoms with Crippen LogP contribution in [0.1, 0.15) is 23.1 Å². The van der Waals surface area contributed by atoms with Gasteiger partial charge in [0.25, 0.3) is 0 Å². The molecule has 1 aliphatic carbocycles. The number of hydrogen-bond donors (Lipinski definition) is 0. The highest BCUT2D eigenvalue weighted by atomic mass is 32.1. The van der Waals surface area contributed by atoms with Crippen molar-refractivity contribution in [2.75, 3.05) is 0 Å². The van der Waals surface area contributed by atoms with E-state index in [2.05, 4.69) is 109 Å². The summed E-state index contributed by atoms with van der Waals surface area (Å²) in [5, 5.41) is 2.15. The van der Waals surface area contributed by atoms with Crippen LogP contribution in [-0.4, -0.2) is 0 Å². The van der Waals surface area contributed by atoms with Gasteiger partial charge < -0.3 is 0 Å². The van der Waals surface area contributed by atoms with E-state index in [0.717, 1.165) is 6.42 Å². The van der Waals surface area contributed by atoms with Gasteiger partial charge in [-0.1, -0.05) is 91.0 Å². The third-order valence-corrected chi connectivity index (χ3v) is 6.18. The van der Waals surface area contributed by atoms with E-state index in [9.17, 15) is 0 Å². The Morgan fingerprint density at radius 1 is 0.571 bits per heavy atom. The summed E-state index contributed by atoms with van der Waals surface area (Å²) >= 11 is 1.80. The largest absolute Gasteiger partial charge is 0.144 e. The second kappa shape index (κ2) is 7.46. The van der Waals surface area contributed by atoms with Crippen molar-refractivity contribution in [1.29, 1.82) is 0 Å². The Bertz CT molecular complexity index is 1150.